The molecule has 0 aromatic heterocycles. The van der Waals surface area contributed by atoms with Gasteiger partial charge in [0.25, 0.3) is 0 Å². The summed E-state index contributed by atoms with van der Waals surface area (Å²) in [5.41, 5.74) is 0. The van der Waals surface area contributed by atoms with Crippen molar-refractivity contribution < 1.29 is 19.8 Å². The van der Waals surface area contributed by atoms with Gasteiger partial charge in [-0.1, -0.05) is 27.7 Å². The molecule has 1 amide bonds. The maximum Gasteiger partial charge on any atom is 0.326 e. The Hall–Kier alpha value is -1.10. The average Bonchev–Trinajstić information content (AvgIpc) is 2.11. The van der Waals surface area contributed by atoms with Crippen molar-refractivity contribution in [3.05, 3.63) is 0 Å². The van der Waals surface area contributed by atoms with Crippen molar-refractivity contribution in [1.29, 1.82) is 0 Å². The number of carboxylic acids is 1. The minimum Gasteiger partial charge on any atom is -0.480 e. The van der Waals surface area contributed by atoms with E-state index in [1.54, 1.807) is 13.8 Å². The SMILES string of the molecule is CC(C)C[C@@H](O)C(=O)N[C@@H](C(=O)O)C(C)C. The summed E-state index contributed by atoms with van der Waals surface area (Å²) >= 11 is 0. The van der Waals surface area contributed by atoms with Crippen LogP contribution in [0.4, 0.5) is 0 Å². The molecule has 3 N–H and O–H groups in total. The molecule has 0 heterocycles. The number of carboxylic acid groups (broad SMARTS) is 1. The Morgan fingerprint density at radius 2 is 1.69 bits per heavy atom. The van der Waals surface area contributed by atoms with Gasteiger partial charge in [-0.15, -0.1) is 0 Å². The molecule has 0 aromatic carbocycles. The van der Waals surface area contributed by atoms with Crippen LogP contribution in [0, 0.1) is 11.8 Å². The minimum atomic E-state index is -1.14. The van der Waals surface area contributed by atoms with Crippen LogP contribution in [0.15, 0.2) is 0 Å². The standard InChI is InChI=1S/C11H21NO4/c1-6(2)5-8(13)10(14)12-9(7(3)4)11(15)16/h6-9,13H,5H2,1-4H3,(H,12,14)(H,15,16)/t8-,9-/m1/s1. The summed E-state index contributed by atoms with van der Waals surface area (Å²) in [6.07, 6.45) is -0.809. The van der Waals surface area contributed by atoms with E-state index >= 15 is 0 Å². The molecular formula is C11H21NO4. The molecule has 0 aromatic rings. The van der Waals surface area contributed by atoms with E-state index in [-0.39, 0.29) is 11.8 Å². The lowest BCUT2D eigenvalue weighted by molar-refractivity contribution is -0.144. The van der Waals surface area contributed by atoms with Crippen molar-refractivity contribution in [3.63, 3.8) is 0 Å². The van der Waals surface area contributed by atoms with Crippen LogP contribution in [0.25, 0.3) is 0 Å². The molecule has 0 bridgehead atoms. The lowest BCUT2D eigenvalue weighted by atomic mass is 10.0. The lowest BCUT2D eigenvalue weighted by Crippen LogP contribution is -2.48. The lowest BCUT2D eigenvalue weighted by Gasteiger charge is -2.20. The van der Waals surface area contributed by atoms with Crippen molar-refractivity contribution >= 4 is 11.9 Å². The molecule has 0 saturated carbocycles. The first-order valence-corrected chi connectivity index (χ1v) is 5.47. The molecule has 0 radical (unpaired) electrons. The Balaban J connectivity index is 4.35. The first-order valence-electron chi connectivity index (χ1n) is 5.47. The second-order valence-corrected chi connectivity index (χ2v) is 4.71. The maximum atomic E-state index is 11.5. The Labute approximate surface area is 95.9 Å². The fourth-order valence-corrected chi connectivity index (χ4v) is 1.32. The fourth-order valence-electron chi connectivity index (χ4n) is 1.32. The number of rotatable bonds is 6. The largest absolute Gasteiger partial charge is 0.480 e. The van der Waals surface area contributed by atoms with Gasteiger partial charge in [0.2, 0.25) is 5.91 Å². The van der Waals surface area contributed by atoms with Gasteiger partial charge in [0, 0.05) is 0 Å². The first-order chi connectivity index (χ1) is 7.25. The van der Waals surface area contributed by atoms with Crippen molar-refractivity contribution in [2.45, 2.75) is 46.3 Å². The smallest absolute Gasteiger partial charge is 0.326 e. The molecule has 0 rings (SSSR count). The Bertz CT molecular complexity index is 250. The summed E-state index contributed by atoms with van der Waals surface area (Å²) in [5.74, 6) is -1.73. The third-order valence-corrected chi connectivity index (χ3v) is 2.23. The Kier molecular flexibility index (Phi) is 6.03. The highest BCUT2D eigenvalue weighted by Gasteiger charge is 2.26. The second kappa shape index (κ2) is 6.48. The Morgan fingerprint density at radius 3 is 2.00 bits per heavy atom. The van der Waals surface area contributed by atoms with Gasteiger partial charge in [-0.3, -0.25) is 4.79 Å². The molecule has 0 spiro atoms. The van der Waals surface area contributed by atoms with Crippen LogP contribution < -0.4 is 5.32 Å². The van der Waals surface area contributed by atoms with Gasteiger partial charge in [0.15, 0.2) is 0 Å². The van der Waals surface area contributed by atoms with Crippen molar-refractivity contribution in [2.75, 3.05) is 0 Å². The molecule has 0 fully saturated rings. The zero-order chi connectivity index (χ0) is 12.9. The summed E-state index contributed by atoms with van der Waals surface area (Å²) in [4.78, 5) is 22.3. The van der Waals surface area contributed by atoms with E-state index in [1.165, 1.54) is 0 Å². The zero-order valence-corrected chi connectivity index (χ0v) is 10.2. The molecule has 16 heavy (non-hydrogen) atoms. The average molecular weight is 231 g/mol. The highest BCUT2D eigenvalue weighted by molar-refractivity contribution is 5.86. The minimum absolute atomic E-state index is 0.183. The number of hydrogen-bond donors (Lipinski definition) is 3. The van der Waals surface area contributed by atoms with Gasteiger partial charge in [-0.25, -0.2) is 4.79 Å². The number of hydrogen-bond acceptors (Lipinski definition) is 3. The molecule has 0 aliphatic heterocycles. The molecule has 0 saturated heterocycles. The molecule has 0 aliphatic carbocycles. The fraction of sp³-hybridized carbons (Fsp3) is 0.818. The monoisotopic (exact) mass is 231 g/mol. The third kappa shape index (κ3) is 5.11. The third-order valence-electron chi connectivity index (χ3n) is 2.23. The van der Waals surface area contributed by atoms with Crippen LogP contribution in [0.3, 0.4) is 0 Å². The summed E-state index contributed by atoms with van der Waals surface area (Å²) in [7, 11) is 0. The summed E-state index contributed by atoms with van der Waals surface area (Å²) in [6, 6.07) is -0.950. The predicted octanol–water partition coefficient (Wildman–Crippen LogP) is 0.619. The van der Waals surface area contributed by atoms with Gasteiger partial charge >= 0.3 is 5.97 Å². The number of carbonyl (C=O) groups excluding carboxylic acids is 1. The van der Waals surface area contributed by atoms with Crippen LogP contribution in [-0.2, 0) is 9.59 Å². The predicted molar refractivity (Wildman–Crippen MR) is 59.9 cm³/mol. The van der Waals surface area contributed by atoms with Gasteiger partial charge in [0.05, 0.1) is 0 Å². The number of amides is 1. The van der Waals surface area contributed by atoms with Crippen molar-refractivity contribution in [3.8, 4) is 0 Å². The quantitative estimate of drug-likeness (QED) is 0.625. The van der Waals surface area contributed by atoms with Gasteiger partial charge in [-0.05, 0) is 18.3 Å². The van der Waals surface area contributed by atoms with Crippen molar-refractivity contribution in [2.24, 2.45) is 11.8 Å². The van der Waals surface area contributed by atoms with Crippen LogP contribution in [0.1, 0.15) is 34.1 Å². The van der Waals surface area contributed by atoms with E-state index in [0.29, 0.717) is 6.42 Å². The first kappa shape index (κ1) is 14.9. The normalized spacial score (nSPS) is 14.9. The van der Waals surface area contributed by atoms with Crippen LogP contribution >= 0.6 is 0 Å². The molecule has 94 valence electrons. The van der Waals surface area contributed by atoms with E-state index in [0.717, 1.165) is 0 Å². The van der Waals surface area contributed by atoms with E-state index in [1.807, 2.05) is 13.8 Å². The topological polar surface area (TPSA) is 86.6 Å². The highest BCUT2D eigenvalue weighted by Crippen LogP contribution is 2.07. The molecule has 0 aliphatic rings. The van der Waals surface area contributed by atoms with E-state index in [9.17, 15) is 14.7 Å². The number of carbonyl (C=O) groups is 2. The van der Waals surface area contributed by atoms with Crippen LogP contribution in [-0.4, -0.2) is 34.2 Å². The van der Waals surface area contributed by atoms with Crippen molar-refractivity contribution in [1.82, 2.24) is 5.32 Å². The zero-order valence-electron chi connectivity index (χ0n) is 10.2. The number of aliphatic carboxylic acids is 1. The number of aliphatic hydroxyl groups excluding tert-OH is 1. The molecule has 5 heteroatoms. The molecular weight excluding hydrogens is 210 g/mol. The van der Waals surface area contributed by atoms with Crippen LogP contribution in [0.2, 0.25) is 0 Å². The molecule has 5 nitrogen and oxygen atoms in total. The van der Waals surface area contributed by atoms with Gasteiger partial charge in [0.1, 0.15) is 12.1 Å². The number of aliphatic hydroxyl groups is 1. The van der Waals surface area contributed by atoms with E-state index in [2.05, 4.69) is 5.32 Å². The summed E-state index contributed by atoms with van der Waals surface area (Å²) in [5, 5.41) is 20.7. The highest BCUT2D eigenvalue weighted by atomic mass is 16.4. The van der Waals surface area contributed by atoms with E-state index in [4.69, 9.17) is 5.11 Å². The maximum absolute atomic E-state index is 11.5. The van der Waals surface area contributed by atoms with E-state index < -0.39 is 24.0 Å². The van der Waals surface area contributed by atoms with Gasteiger partial charge in [-0.2, -0.15) is 0 Å². The van der Waals surface area contributed by atoms with Crippen LogP contribution in [0.5, 0.6) is 0 Å². The van der Waals surface area contributed by atoms with Gasteiger partial charge < -0.3 is 15.5 Å². The summed E-state index contributed by atoms with van der Waals surface area (Å²) in [6.45, 7) is 7.17. The second-order valence-electron chi connectivity index (χ2n) is 4.71. The number of nitrogens with one attached hydrogen (secondary N) is 1. The summed E-state index contributed by atoms with van der Waals surface area (Å²) < 4.78 is 0. The Morgan fingerprint density at radius 1 is 1.19 bits per heavy atom. The molecule has 2 atom stereocenters. The molecule has 0 unspecified atom stereocenters.